The number of rotatable bonds is 5. The van der Waals surface area contributed by atoms with E-state index in [0.717, 1.165) is 22.2 Å². The van der Waals surface area contributed by atoms with Crippen LogP contribution in [-0.2, 0) is 0 Å². The fraction of sp³-hybridized carbons (Fsp3) is 0.308. The number of nitrogens with zero attached hydrogens (tertiary/aromatic N) is 3. The third-order valence-electron chi connectivity index (χ3n) is 2.48. The molecule has 2 rings (SSSR count). The van der Waals surface area contributed by atoms with Crippen LogP contribution in [-0.4, -0.2) is 21.5 Å². The SMILES string of the molecule is CCNC(C)c1ccc(Sc2cnccn2)cn1. The standard InChI is InChI=1S/C13H16N4S/c1-3-15-10(2)12-5-4-11(8-17-12)18-13-9-14-6-7-16-13/h4-10,15H,3H2,1-2H3. The molecule has 0 aliphatic rings. The Balaban J connectivity index is 2.04. The molecule has 2 aromatic rings. The molecular formula is C13H16N4S. The minimum atomic E-state index is 0.283. The minimum Gasteiger partial charge on any atom is -0.309 e. The van der Waals surface area contributed by atoms with Crippen molar-refractivity contribution in [1.82, 2.24) is 20.3 Å². The maximum absolute atomic E-state index is 4.46. The summed E-state index contributed by atoms with van der Waals surface area (Å²) in [7, 11) is 0. The first kappa shape index (κ1) is 13.0. The van der Waals surface area contributed by atoms with Crippen molar-refractivity contribution in [3.63, 3.8) is 0 Å². The van der Waals surface area contributed by atoms with Gasteiger partial charge in [-0.15, -0.1) is 0 Å². The zero-order chi connectivity index (χ0) is 12.8. The minimum absolute atomic E-state index is 0.283. The fourth-order valence-electron chi connectivity index (χ4n) is 1.58. The summed E-state index contributed by atoms with van der Waals surface area (Å²) in [6, 6.07) is 4.40. The van der Waals surface area contributed by atoms with E-state index in [-0.39, 0.29) is 6.04 Å². The lowest BCUT2D eigenvalue weighted by Crippen LogP contribution is -2.18. The van der Waals surface area contributed by atoms with Crippen LogP contribution >= 0.6 is 11.8 Å². The normalized spacial score (nSPS) is 12.3. The second kappa shape index (κ2) is 6.47. The molecule has 0 fully saturated rings. The highest BCUT2D eigenvalue weighted by atomic mass is 32.2. The molecule has 0 aliphatic heterocycles. The largest absolute Gasteiger partial charge is 0.309 e. The Morgan fingerprint density at radius 1 is 1.22 bits per heavy atom. The van der Waals surface area contributed by atoms with Crippen LogP contribution in [0, 0.1) is 0 Å². The Bertz CT molecular complexity index is 472. The smallest absolute Gasteiger partial charge is 0.119 e. The van der Waals surface area contributed by atoms with Crippen molar-refractivity contribution in [3.8, 4) is 0 Å². The first-order valence-electron chi connectivity index (χ1n) is 5.92. The van der Waals surface area contributed by atoms with Gasteiger partial charge in [0.1, 0.15) is 5.03 Å². The van der Waals surface area contributed by atoms with E-state index in [2.05, 4.69) is 40.2 Å². The summed E-state index contributed by atoms with van der Waals surface area (Å²) < 4.78 is 0. The van der Waals surface area contributed by atoms with E-state index in [4.69, 9.17) is 0 Å². The van der Waals surface area contributed by atoms with E-state index in [1.165, 1.54) is 0 Å². The Morgan fingerprint density at radius 2 is 2.11 bits per heavy atom. The quantitative estimate of drug-likeness (QED) is 0.895. The molecule has 4 nitrogen and oxygen atoms in total. The molecule has 0 bridgehead atoms. The maximum Gasteiger partial charge on any atom is 0.119 e. The molecule has 5 heteroatoms. The van der Waals surface area contributed by atoms with Crippen molar-refractivity contribution in [2.24, 2.45) is 0 Å². The second-order valence-electron chi connectivity index (χ2n) is 3.84. The lowest BCUT2D eigenvalue weighted by molar-refractivity contribution is 0.582. The van der Waals surface area contributed by atoms with Crippen LogP contribution in [0.3, 0.4) is 0 Å². The molecule has 94 valence electrons. The highest BCUT2D eigenvalue weighted by Gasteiger charge is 2.05. The summed E-state index contributed by atoms with van der Waals surface area (Å²) in [6.45, 7) is 5.15. The van der Waals surface area contributed by atoms with Gasteiger partial charge < -0.3 is 5.32 Å². The Labute approximate surface area is 111 Å². The van der Waals surface area contributed by atoms with E-state index in [1.54, 1.807) is 30.4 Å². The Kier molecular flexibility index (Phi) is 4.66. The van der Waals surface area contributed by atoms with Crippen LogP contribution in [0.15, 0.2) is 46.8 Å². The predicted molar refractivity (Wildman–Crippen MR) is 72.5 cm³/mol. The summed E-state index contributed by atoms with van der Waals surface area (Å²) >= 11 is 1.56. The predicted octanol–water partition coefficient (Wildman–Crippen LogP) is 2.69. The van der Waals surface area contributed by atoms with Crippen molar-refractivity contribution in [2.75, 3.05) is 6.54 Å². The highest BCUT2D eigenvalue weighted by molar-refractivity contribution is 7.99. The van der Waals surface area contributed by atoms with Gasteiger partial charge in [-0.05, 0) is 25.6 Å². The van der Waals surface area contributed by atoms with Gasteiger partial charge in [-0.2, -0.15) is 0 Å². The van der Waals surface area contributed by atoms with Gasteiger partial charge in [0.2, 0.25) is 0 Å². The third-order valence-corrected chi connectivity index (χ3v) is 3.37. The molecule has 18 heavy (non-hydrogen) atoms. The van der Waals surface area contributed by atoms with E-state index in [9.17, 15) is 0 Å². The molecule has 2 aromatic heterocycles. The number of pyridine rings is 1. The monoisotopic (exact) mass is 260 g/mol. The van der Waals surface area contributed by atoms with Gasteiger partial charge >= 0.3 is 0 Å². The van der Waals surface area contributed by atoms with E-state index in [0.29, 0.717) is 0 Å². The maximum atomic E-state index is 4.46. The van der Waals surface area contributed by atoms with Crippen LogP contribution in [0.5, 0.6) is 0 Å². The Hall–Kier alpha value is -1.46. The van der Waals surface area contributed by atoms with Crippen molar-refractivity contribution in [1.29, 1.82) is 0 Å². The molecule has 0 aliphatic carbocycles. The first-order valence-corrected chi connectivity index (χ1v) is 6.74. The molecule has 0 amide bonds. The number of hydrogen-bond donors (Lipinski definition) is 1. The fourth-order valence-corrected chi connectivity index (χ4v) is 2.29. The topological polar surface area (TPSA) is 50.7 Å². The molecule has 0 saturated carbocycles. The van der Waals surface area contributed by atoms with Gasteiger partial charge in [-0.1, -0.05) is 18.7 Å². The van der Waals surface area contributed by atoms with Gasteiger partial charge in [0, 0.05) is 29.5 Å². The number of hydrogen-bond acceptors (Lipinski definition) is 5. The molecule has 1 N–H and O–H groups in total. The molecule has 1 unspecified atom stereocenters. The van der Waals surface area contributed by atoms with Gasteiger partial charge in [0.25, 0.3) is 0 Å². The molecule has 0 spiro atoms. The van der Waals surface area contributed by atoms with Crippen molar-refractivity contribution in [3.05, 3.63) is 42.6 Å². The lowest BCUT2D eigenvalue weighted by Gasteiger charge is -2.11. The van der Waals surface area contributed by atoms with Gasteiger partial charge in [0.15, 0.2) is 0 Å². The molecule has 2 heterocycles. The summed E-state index contributed by atoms with van der Waals surface area (Å²) in [6.07, 6.45) is 6.99. The Morgan fingerprint density at radius 3 is 2.72 bits per heavy atom. The number of nitrogens with one attached hydrogen (secondary N) is 1. The van der Waals surface area contributed by atoms with Gasteiger partial charge in [-0.25, -0.2) is 4.98 Å². The van der Waals surface area contributed by atoms with Crippen LogP contribution in [0.2, 0.25) is 0 Å². The van der Waals surface area contributed by atoms with Crippen LogP contribution in [0.25, 0.3) is 0 Å². The van der Waals surface area contributed by atoms with E-state index < -0.39 is 0 Å². The van der Waals surface area contributed by atoms with Gasteiger partial charge in [-0.3, -0.25) is 9.97 Å². The lowest BCUT2D eigenvalue weighted by atomic mass is 10.2. The second-order valence-corrected chi connectivity index (χ2v) is 4.94. The van der Waals surface area contributed by atoms with E-state index in [1.807, 2.05) is 12.3 Å². The third kappa shape index (κ3) is 3.51. The summed E-state index contributed by atoms with van der Waals surface area (Å²) in [5.74, 6) is 0. The van der Waals surface area contributed by atoms with Gasteiger partial charge in [0.05, 0.1) is 11.9 Å². The van der Waals surface area contributed by atoms with Crippen molar-refractivity contribution < 1.29 is 0 Å². The first-order chi connectivity index (χ1) is 8.79. The molecular weight excluding hydrogens is 244 g/mol. The van der Waals surface area contributed by atoms with Crippen molar-refractivity contribution in [2.45, 2.75) is 29.8 Å². The average molecular weight is 260 g/mol. The highest BCUT2D eigenvalue weighted by Crippen LogP contribution is 2.24. The summed E-state index contributed by atoms with van der Waals surface area (Å²) in [5.41, 5.74) is 1.06. The zero-order valence-corrected chi connectivity index (χ0v) is 11.3. The molecule has 0 radical (unpaired) electrons. The molecule has 1 atom stereocenters. The van der Waals surface area contributed by atoms with Crippen LogP contribution in [0.4, 0.5) is 0 Å². The van der Waals surface area contributed by atoms with Crippen LogP contribution in [0.1, 0.15) is 25.6 Å². The van der Waals surface area contributed by atoms with Crippen molar-refractivity contribution >= 4 is 11.8 Å². The number of aromatic nitrogens is 3. The zero-order valence-electron chi connectivity index (χ0n) is 10.5. The van der Waals surface area contributed by atoms with Crippen LogP contribution < -0.4 is 5.32 Å². The molecule has 0 aromatic carbocycles. The molecule has 0 saturated heterocycles. The summed E-state index contributed by atoms with van der Waals surface area (Å²) in [4.78, 5) is 13.8. The summed E-state index contributed by atoms with van der Waals surface area (Å²) in [5, 5.41) is 4.22. The van der Waals surface area contributed by atoms with E-state index >= 15 is 0 Å². The average Bonchev–Trinajstić information content (AvgIpc) is 2.41.